The lowest BCUT2D eigenvalue weighted by Gasteiger charge is -2.19. The zero-order valence-electron chi connectivity index (χ0n) is 30.4. The molecule has 0 saturated heterocycles. The molecule has 0 bridgehead atoms. The molecule has 1 aliphatic heterocycles. The minimum absolute atomic E-state index is 0.681. The van der Waals surface area contributed by atoms with Gasteiger partial charge in [0.05, 0.1) is 22.4 Å². The molecular formula is C51H36N4. The van der Waals surface area contributed by atoms with Crippen molar-refractivity contribution in [3.8, 4) is 67.2 Å². The average Bonchev–Trinajstić information content (AvgIpc) is 3.26. The minimum atomic E-state index is 0.681. The Balaban J connectivity index is 1.19. The highest BCUT2D eigenvalue weighted by molar-refractivity contribution is 6.06. The molecule has 0 amide bonds. The van der Waals surface area contributed by atoms with E-state index >= 15 is 0 Å². The van der Waals surface area contributed by atoms with E-state index in [2.05, 4.69) is 176 Å². The van der Waals surface area contributed by atoms with Crippen LogP contribution in [0.5, 0.6) is 0 Å². The van der Waals surface area contributed by atoms with Gasteiger partial charge in [-0.3, -0.25) is 4.98 Å². The lowest BCUT2D eigenvalue weighted by atomic mass is 9.91. The number of nitrogens with zero attached hydrogens (tertiary/aromatic N) is 3. The Morgan fingerprint density at radius 2 is 1.13 bits per heavy atom. The quantitative estimate of drug-likeness (QED) is 0.187. The number of aryl methyl sites for hydroxylation is 1. The van der Waals surface area contributed by atoms with Gasteiger partial charge in [-0.15, -0.1) is 0 Å². The van der Waals surface area contributed by atoms with Crippen LogP contribution in [0.4, 0.5) is 5.69 Å². The van der Waals surface area contributed by atoms with Crippen molar-refractivity contribution in [3.63, 3.8) is 0 Å². The maximum absolute atomic E-state index is 5.40. The molecule has 0 atom stereocenters. The van der Waals surface area contributed by atoms with E-state index in [9.17, 15) is 0 Å². The first-order chi connectivity index (χ1) is 27.1. The summed E-state index contributed by atoms with van der Waals surface area (Å²) in [5, 5.41) is 5.68. The first-order valence-electron chi connectivity index (χ1n) is 18.7. The van der Waals surface area contributed by atoms with Crippen molar-refractivity contribution >= 4 is 33.6 Å². The van der Waals surface area contributed by atoms with E-state index in [4.69, 9.17) is 15.0 Å². The van der Waals surface area contributed by atoms with Gasteiger partial charge >= 0.3 is 0 Å². The van der Waals surface area contributed by atoms with E-state index in [0.29, 0.717) is 5.82 Å². The molecule has 4 heteroatoms. The molecule has 0 saturated carbocycles. The lowest BCUT2D eigenvalue weighted by Crippen LogP contribution is -2.06. The van der Waals surface area contributed by atoms with Crippen LogP contribution in [0.1, 0.15) is 11.1 Å². The highest BCUT2D eigenvalue weighted by atomic mass is 14.9. The number of rotatable bonds is 6. The molecule has 10 rings (SSSR count). The zero-order valence-corrected chi connectivity index (χ0v) is 30.4. The third-order valence-electron chi connectivity index (χ3n) is 10.6. The third-order valence-corrected chi connectivity index (χ3v) is 10.6. The topological polar surface area (TPSA) is 50.7 Å². The van der Waals surface area contributed by atoms with Gasteiger partial charge in [-0.1, -0.05) is 139 Å². The van der Waals surface area contributed by atoms with Crippen LogP contribution in [0.3, 0.4) is 0 Å². The molecule has 55 heavy (non-hydrogen) atoms. The monoisotopic (exact) mass is 704 g/mol. The van der Waals surface area contributed by atoms with Crippen molar-refractivity contribution in [1.29, 1.82) is 0 Å². The molecule has 260 valence electrons. The minimum Gasteiger partial charge on any atom is -0.379 e. The number of hydrogen-bond donors (Lipinski definition) is 1. The second-order valence-electron chi connectivity index (χ2n) is 14.2. The maximum atomic E-state index is 5.40. The number of hydrogen-bond acceptors (Lipinski definition) is 4. The summed E-state index contributed by atoms with van der Waals surface area (Å²) >= 11 is 0. The van der Waals surface area contributed by atoms with Crippen LogP contribution in [0, 0.1) is 6.92 Å². The fourth-order valence-electron chi connectivity index (χ4n) is 7.73. The Bertz CT molecular complexity index is 2900. The van der Waals surface area contributed by atoms with Crippen molar-refractivity contribution < 1.29 is 0 Å². The normalized spacial score (nSPS) is 12.1. The number of aromatic nitrogens is 3. The molecule has 0 unspecified atom stereocenters. The molecule has 2 aromatic heterocycles. The number of fused-ring (bicyclic) bond motifs is 4. The van der Waals surface area contributed by atoms with Gasteiger partial charge in [-0.25, -0.2) is 9.97 Å². The van der Waals surface area contributed by atoms with Crippen molar-refractivity contribution in [3.05, 3.63) is 187 Å². The summed E-state index contributed by atoms with van der Waals surface area (Å²) in [6.07, 6.45) is 6.23. The largest absolute Gasteiger partial charge is 0.379 e. The molecule has 1 N–H and O–H groups in total. The Hall–Kier alpha value is -7.17. The molecule has 9 aromatic rings. The van der Waals surface area contributed by atoms with E-state index in [1.807, 2.05) is 18.3 Å². The van der Waals surface area contributed by atoms with Crippen molar-refractivity contribution in [2.75, 3.05) is 11.9 Å². The van der Waals surface area contributed by atoms with Crippen LogP contribution >= 0.6 is 0 Å². The van der Waals surface area contributed by atoms with Gasteiger partial charge in [0.15, 0.2) is 5.82 Å². The van der Waals surface area contributed by atoms with E-state index in [-0.39, 0.29) is 0 Å². The number of nitrogens with one attached hydrogen (secondary N) is 1. The predicted octanol–water partition coefficient (Wildman–Crippen LogP) is 12.9. The summed E-state index contributed by atoms with van der Waals surface area (Å²) in [6.45, 7) is 2.90. The average molecular weight is 705 g/mol. The van der Waals surface area contributed by atoms with Crippen LogP contribution in [-0.4, -0.2) is 21.5 Å². The standard InChI is InChI=1S/C51H36N4/c1-33-16-18-36(19-17-33)39-24-25-47-46(31-39)48(38-12-6-3-7-13-38)55-51(54-47)43-29-41(37-22-20-35(21-23-37)34-10-4-2-5-11-34)28-42(30-43)45-32-40-14-8-26-52-49(40)50-44(45)15-9-27-53-50/h2-25,27-32,52H,26H2,1H3. The summed E-state index contributed by atoms with van der Waals surface area (Å²) in [5.41, 5.74) is 17.3. The van der Waals surface area contributed by atoms with Gasteiger partial charge in [0.2, 0.25) is 0 Å². The van der Waals surface area contributed by atoms with Gasteiger partial charge < -0.3 is 5.32 Å². The number of pyridine rings is 1. The van der Waals surface area contributed by atoms with Crippen molar-refractivity contribution in [1.82, 2.24) is 15.0 Å². The summed E-state index contributed by atoms with van der Waals surface area (Å²) < 4.78 is 0. The molecule has 0 spiro atoms. The molecule has 0 radical (unpaired) electrons. The predicted molar refractivity (Wildman–Crippen MR) is 230 cm³/mol. The zero-order chi connectivity index (χ0) is 36.7. The summed E-state index contributed by atoms with van der Waals surface area (Å²) in [7, 11) is 0. The van der Waals surface area contributed by atoms with Crippen molar-refractivity contribution in [2.45, 2.75) is 6.92 Å². The van der Waals surface area contributed by atoms with Crippen LogP contribution in [0.25, 0.3) is 95.0 Å². The van der Waals surface area contributed by atoms with E-state index in [1.54, 1.807) is 0 Å². The fraction of sp³-hybridized carbons (Fsp3) is 0.0392. The molecule has 1 aliphatic rings. The third kappa shape index (κ3) is 6.14. The Kier molecular flexibility index (Phi) is 8.07. The number of benzene rings is 7. The molecule has 0 fully saturated rings. The van der Waals surface area contributed by atoms with Gasteiger partial charge in [0.1, 0.15) is 0 Å². The SMILES string of the molecule is Cc1ccc(-c2ccc3nc(-c4cc(-c5ccc(-c6ccccc6)cc5)cc(-c5cc6c(c7ncccc57)NCC=C6)c4)nc(-c4ccccc4)c3c2)cc1. The summed E-state index contributed by atoms with van der Waals surface area (Å²) in [6, 6.07) is 58.3. The maximum Gasteiger partial charge on any atom is 0.160 e. The molecular weight excluding hydrogens is 669 g/mol. The highest BCUT2D eigenvalue weighted by Crippen LogP contribution is 2.41. The summed E-state index contributed by atoms with van der Waals surface area (Å²) in [4.78, 5) is 15.6. The summed E-state index contributed by atoms with van der Waals surface area (Å²) in [5.74, 6) is 0.681. The van der Waals surface area contributed by atoms with Gasteiger partial charge in [-0.05, 0) is 93.9 Å². The second kappa shape index (κ2) is 13.7. The van der Waals surface area contributed by atoms with Gasteiger partial charge in [0, 0.05) is 40.2 Å². The van der Waals surface area contributed by atoms with Gasteiger partial charge in [-0.2, -0.15) is 0 Å². The first-order valence-corrected chi connectivity index (χ1v) is 18.7. The molecule has 4 nitrogen and oxygen atoms in total. The fourth-order valence-corrected chi connectivity index (χ4v) is 7.73. The Morgan fingerprint density at radius 1 is 0.491 bits per heavy atom. The lowest BCUT2D eigenvalue weighted by molar-refractivity contribution is 1.23. The van der Waals surface area contributed by atoms with Crippen LogP contribution in [0.15, 0.2) is 176 Å². The molecule has 0 aliphatic carbocycles. The van der Waals surface area contributed by atoms with Crippen LogP contribution in [-0.2, 0) is 0 Å². The Labute approximate surface area is 320 Å². The molecule has 3 heterocycles. The Morgan fingerprint density at radius 3 is 1.91 bits per heavy atom. The van der Waals surface area contributed by atoms with Crippen LogP contribution < -0.4 is 5.32 Å². The van der Waals surface area contributed by atoms with Gasteiger partial charge in [0.25, 0.3) is 0 Å². The van der Waals surface area contributed by atoms with E-state index in [1.165, 1.54) is 22.3 Å². The number of anilines is 1. The second-order valence-corrected chi connectivity index (χ2v) is 14.2. The van der Waals surface area contributed by atoms with Crippen molar-refractivity contribution in [2.24, 2.45) is 0 Å². The smallest absolute Gasteiger partial charge is 0.160 e. The van der Waals surface area contributed by atoms with Crippen LogP contribution in [0.2, 0.25) is 0 Å². The van der Waals surface area contributed by atoms with E-state index in [0.717, 1.165) is 84.2 Å². The molecule has 7 aromatic carbocycles. The first kappa shape index (κ1) is 32.5. The highest BCUT2D eigenvalue weighted by Gasteiger charge is 2.19. The van der Waals surface area contributed by atoms with E-state index < -0.39 is 0 Å².